The van der Waals surface area contributed by atoms with E-state index in [4.69, 9.17) is 4.74 Å². The van der Waals surface area contributed by atoms with Crippen molar-refractivity contribution in [1.29, 1.82) is 0 Å². The van der Waals surface area contributed by atoms with Gasteiger partial charge in [0.15, 0.2) is 5.13 Å². The van der Waals surface area contributed by atoms with Crippen LogP contribution in [0.1, 0.15) is 38.4 Å². The van der Waals surface area contributed by atoms with Crippen molar-refractivity contribution in [3.63, 3.8) is 0 Å². The Bertz CT molecular complexity index is 821. The van der Waals surface area contributed by atoms with E-state index in [2.05, 4.69) is 58.7 Å². The van der Waals surface area contributed by atoms with Gasteiger partial charge in [-0.25, -0.2) is 9.78 Å². The third kappa shape index (κ3) is 5.93. The largest absolute Gasteiger partial charge is 0.497 e. The minimum absolute atomic E-state index is 0.202. The number of benzene rings is 1. The first-order valence-corrected chi connectivity index (χ1v) is 11.4. The van der Waals surface area contributed by atoms with E-state index in [9.17, 15) is 4.79 Å². The smallest absolute Gasteiger partial charge is 0.321 e. The quantitative estimate of drug-likeness (QED) is 0.559. The number of hydrogen-bond donors (Lipinski definition) is 3. The lowest BCUT2D eigenvalue weighted by molar-refractivity contribution is 0.204. The maximum Gasteiger partial charge on any atom is 0.321 e. The molecule has 3 N–H and O–H groups in total. The molecule has 3 rings (SSSR count). The Balaban J connectivity index is 1.46. The van der Waals surface area contributed by atoms with Gasteiger partial charge in [-0.2, -0.15) is 0 Å². The summed E-state index contributed by atoms with van der Waals surface area (Å²) in [5.74, 6) is 0.832. The van der Waals surface area contributed by atoms with Gasteiger partial charge >= 0.3 is 6.03 Å². The number of hydrogen-bond acceptors (Lipinski definition) is 6. The van der Waals surface area contributed by atoms with E-state index in [-0.39, 0.29) is 11.4 Å². The van der Waals surface area contributed by atoms with E-state index in [1.165, 1.54) is 11.3 Å². The average molecular weight is 432 g/mol. The molecule has 30 heavy (non-hydrogen) atoms. The Morgan fingerprint density at radius 3 is 2.83 bits per heavy atom. The summed E-state index contributed by atoms with van der Waals surface area (Å²) in [5, 5.41) is 11.9. The Morgan fingerprint density at radius 2 is 2.13 bits per heavy atom. The molecule has 1 fully saturated rings. The van der Waals surface area contributed by atoms with Gasteiger partial charge in [-0.3, -0.25) is 5.32 Å². The Hall–Kier alpha value is -2.16. The van der Waals surface area contributed by atoms with Crippen LogP contribution in [0, 0.1) is 0 Å². The predicted octanol–water partition coefficient (Wildman–Crippen LogP) is 3.28. The number of methoxy groups -OCH3 is 1. The van der Waals surface area contributed by atoms with E-state index in [0.717, 1.165) is 49.6 Å². The number of rotatable bonds is 8. The van der Waals surface area contributed by atoms with Gasteiger partial charge in [-0.05, 0) is 37.6 Å². The molecule has 1 aliphatic heterocycles. The van der Waals surface area contributed by atoms with Crippen LogP contribution in [0.15, 0.2) is 29.6 Å². The van der Waals surface area contributed by atoms with E-state index in [0.29, 0.717) is 17.7 Å². The highest BCUT2D eigenvalue weighted by Gasteiger charge is 2.26. The first kappa shape index (κ1) is 22.5. The summed E-state index contributed by atoms with van der Waals surface area (Å²) in [6.45, 7) is 11.3. The third-order valence-corrected chi connectivity index (χ3v) is 6.32. The van der Waals surface area contributed by atoms with Crippen LogP contribution in [0.4, 0.5) is 9.93 Å². The van der Waals surface area contributed by atoms with Gasteiger partial charge < -0.3 is 20.3 Å². The number of nitrogens with one attached hydrogen (secondary N) is 3. The zero-order valence-electron chi connectivity index (χ0n) is 18.3. The van der Waals surface area contributed by atoms with Gasteiger partial charge in [0.25, 0.3) is 0 Å². The number of ether oxygens (including phenoxy) is 1. The fourth-order valence-electron chi connectivity index (χ4n) is 3.63. The molecule has 1 unspecified atom stereocenters. The molecule has 1 aliphatic rings. The molecular formula is C22H33N5O2S. The van der Waals surface area contributed by atoms with Crippen LogP contribution in [0.3, 0.4) is 0 Å². The predicted molar refractivity (Wildman–Crippen MR) is 123 cm³/mol. The van der Waals surface area contributed by atoms with Crippen LogP contribution in [-0.2, 0) is 5.41 Å². The number of anilines is 1. The highest BCUT2D eigenvalue weighted by atomic mass is 32.1. The second kappa shape index (κ2) is 10.2. The first-order chi connectivity index (χ1) is 14.4. The number of aromatic nitrogens is 1. The van der Waals surface area contributed by atoms with Crippen molar-refractivity contribution < 1.29 is 9.53 Å². The fourth-order valence-corrected chi connectivity index (χ4v) is 4.51. The summed E-state index contributed by atoms with van der Waals surface area (Å²) in [6.07, 6.45) is 0.938. The maximum atomic E-state index is 12.2. The Morgan fingerprint density at radius 1 is 1.37 bits per heavy atom. The normalized spacial score (nSPS) is 17.5. The topological polar surface area (TPSA) is 78.5 Å². The van der Waals surface area contributed by atoms with Crippen molar-refractivity contribution >= 4 is 22.5 Å². The maximum absolute atomic E-state index is 12.2. The molecule has 1 aromatic carbocycles. The van der Waals surface area contributed by atoms with Gasteiger partial charge in [0.05, 0.1) is 12.8 Å². The number of nitrogens with zero attached hydrogens (tertiary/aromatic N) is 2. The standard InChI is InChI=1S/C22H33N5O2S/c1-16-14-27(13-11-23-16)12-5-10-24-20(28)26-21-25-19(15-30-21)22(2,3)17-6-8-18(29-4)9-7-17/h6-9,15-16,23H,5,10-14H2,1-4H3,(H2,24,25,26,28). The van der Waals surface area contributed by atoms with E-state index < -0.39 is 0 Å². The minimum Gasteiger partial charge on any atom is -0.497 e. The highest BCUT2D eigenvalue weighted by Crippen LogP contribution is 2.34. The lowest BCUT2D eigenvalue weighted by atomic mass is 9.82. The highest BCUT2D eigenvalue weighted by molar-refractivity contribution is 7.13. The summed E-state index contributed by atoms with van der Waals surface area (Å²) in [5.41, 5.74) is 1.81. The molecule has 0 radical (unpaired) electrons. The second-order valence-corrected chi connectivity index (χ2v) is 9.14. The van der Waals surface area contributed by atoms with E-state index >= 15 is 0 Å². The summed E-state index contributed by atoms with van der Waals surface area (Å²) in [6, 6.07) is 8.35. The Kier molecular flexibility index (Phi) is 7.69. The minimum atomic E-state index is -0.264. The van der Waals surface area contributed by atoms with E-state index in [1.54, 1.807) is 7.11 Å². The molecule has 7 nitrogen and oxygen atoms in total. The van der Waals surface area contributed by atoms with Crippen LogP contribution in [0.25, 0.3) is 0 Å². The zero-order chi connectivity index (χ0) is 21.6. The zero-order valence-corrected chi connectivity index (χ0v) is 19.1. The number of piperazine rings is 1. The molecule has 8 heteroatoms. The van der Waals surface area contributed by atoms with Crippen LogP contribution in [0.2, 0.25) is 0 Å². The van der Waals surface area contributed by atoms with Crippen molar-refractivity contribution in [1.82, 2.24) is 20.5 Å². The number of thiazole rings is 1. The van der Waals surface area contributed by atoms with Crippen LogP contribution >= 0.6 is 11.3 Å². The van der Waals surface area contributed by atoms with Crippen molar-refractivity contribution in [3.8, 4) is 5.75 Å². The molecule has 0 bridgehead atoms. The van der Waals surface area contributed by atoms with E-state index in [1.807, 2.05) is 17.5 Å². The van der Waals surface area contributed by atoms with Crippen molar-refractivity contribution in [2.75, 3.05) is 45.2 Å². The number of amides is 2. The van der Waals surface area contributed by atoms with Gasteiger partial charge in [-0.1, -0.05) is 26.0 Å². The summed E-state index contributed by atoms with van der Waals surface area (Å²) in [7, 11) is 1.66. The molecular weight excluding hydrogens is 398 g/mol. The van der Waals surface area contributed by atoms with Crippen LogP contribution < -0.4 is 20.7 Å². The molecule has 2 amide bonds. The molecule has 2 heterocycles. The summed E-state index contributed by atoms with van der Waals surface area (Å²) < 4.78 is 5.24. The molecule has 2 aromatic rings. The second-order valence-electron chi connectivity index (χ2n) is 8.28. The van der Waals surface area contributed by atoms with Crippen LogP contribution in [-0.4, -0.2) is 61.8 Å². The van der Waals surface area contributed by atoms with Gasteiger partial charge in [0.1, 0.15) is 5.75 Å². The average Bonchev–Trinajstić information content (AvgIpc) is 3.20. The lowest BCUT2D eigenvalue weighted by Crippen LogP contribution is -2.49. The van der Waals surface area contributed by atoms with Crippen molar-refractivity contribution in [3.05, 3.63) is 40.9 Å². The van der Waals surface area contributed by atoms with Gasteiger partial charge in [-0.15, -0.1) is 11.3 Å². The molecule has 164 valence electrons. The monoisotopic (exact) mass is 431 g/mol. The number of urea groups is 1. The number of carbonyl (C=O) groups excluding carboxylic acids is 1. The molecule has 1 saturated heterocycles. The van der Waals surface area contributed by atoms with Crippen LogP contribution in [0.5, 0.6) is 5.75 Å². The lowest BCUT2D eigenvalue weighted by Gasteiger charge is -2.31. The Labute approximate surface area is 183 Å². The molecule has 1 aromatic heterocycles. The fraction of sp³-hybridized carbons (Fsp3) is 0.545. The van der Waals surface area contributed by atoms with Crippen molar-refractivity contribution in [2.24, 2.45) is 0 Å². The summed E-state index contributed by atoms with van der Waals surface area (Å²) in [4.78, 5) is 19.3. The summed E-state index contributed by atoms with van der Waals surface area (Å²) >= 11 is 1.45. The van der Waals surface area contributed by atoms with Gasteiger partial charge in [0, 0.05) is 43.0 Å². The molecule has 0 saturated carbocycles. The molecule has 1 atom stereocenters. The van der Waals surface area contributed by atoms with Gasteiger partial charge in [0.2, 0.25) is 0 Å². The number of carbonyl (C=O) groups is 1. The molecule has 0 aliphatic carbocycles. The van der Waals surface area contributed by atoms with Crippen molar-refractivity contribution in [2.45, 2.75) is 38.6 Å². The first-order valence-electron chi connectivity index (χ1n) is 10.5. The molecule has 0 spiro atoms. The SMILES string of the molecule is COc1ccc(C(C)(C)c2csc(NC(=O)NCCCN3CCNC(C)C3)n2)cc1. The third-order valence-electron chi connectivity index (χ3n) is 5.57.